The molecule has 0 saturated carbocycles. The van der Waals surface area contributed by atoms with Gasteiger partial charge in [0.2, 0.25) is 0 Å². The second-order valence-corrected chi connectivity index (χ2v) is 9.54. The molecule has 1 atom stereocenters. The molecule has 37 heavy (non-hydrogen) atoms. The minimum Gasteiger partial charge on any atom is -0.496 e. The lowest BCUT2D eigenvalue weighted by atomic mass is 9.74. The molecule has 11 heteroatoms. The Hall–Kier alpha value is -3.73. The van der Waals surface area contributed by atoms with Crippen molar-refractivity contribution in [3.63, 3.8) is 0 Å². The molecule has 2 aromatic carbocycles. The zero-order valence-electron chi connectivity index (χ0n) is 20.8. The van der Waals surface area contributed by atoms with Crippen LogP contribution >= 0.6 is 0 Å². The quantitative estimate of drug-likeness (QED) is 0.307. The number of anilines is 1. The molecule has 1 unspecified atom stereocenters. The molecule has 196 valence electrons. The Labute approximate surface area is 211 Å². The molecule has 2 heterocycles. The average Bonchev–Trinajstić information content (AvgIpc) is 3.26. The number of aromatic nitrogens is 4. The van der Waals surface area contributed by atoms with Gasteiger partial charge < -0.3 is 15.2 Å². The van der Waals surface area contributed by atoms with Crippen molar-refractivity contribution in [1.29, 1.82) is 0 Å². The number of rotatable bonds is 8. The molecule has 0 amide bonds. The second-order valence-electron chi connectivity index (χ2n) is 9.54. The lowest BCUT2D eigenvalue weighted by Gasteiger charge is -2.38. The molecule has 4 rings (SSSR count). The molecular weight excluding hydrogens is 490 g/mol. The van der Waals surface area contributed by atoms with Crippen molar-refractivity contribution in [3.05, 3.63) is 71.9 Å². The first-order valence-electron chi connectivity index (χ1n) is 11.5. The van der Waals surface area contributed by atoms with E-state index < -0.39 is 36.0 Å². The number of aryl methyl sites for hydroxylation is 1. The number of nitrogens with zero attached hydrogens (tertiary/aromatic N) is 4. The van der Waals surface area contributed by atoms with Crippen LogP contribution in [0.3, 0.4) is 0 Å². The molecule has 2 N–H and O–H groups in total. The van der Waals surface area contributed by atoms with Gasteiger partial charge in [-0.1, -0.05) is 32.0 Å². The fourth-order valence-electron chi connectivity index (χ4n) is 4.44. The third-order valence-electron chi connectivity index (χ3n) is 6.24. The number of ether oxygens (including phenoxy) is 1. The summed E-state index contributed by atoms with van der Waals surface area (Å²) < 4.78 is 63.7. The number of methoxy groups -OCH3 is 1. The van der Waals surface area contributed by atoms with E-state index in [1.807, 2.05) is 30.3 Å². The van der Waals surface area contributed by atoms with Gasteiger partial charge in [-0.15, -0.1) is 0 Å². The monoisotopic (exact) mass is 517 g/mol. The minimum atomic E-state index is -5.01. The van der Waals surface area contributed by atoms with E-state index in [1.54, 1.807) is 11.6 Å². The van der Waals surface area contributed by atoms with Crippen molar-refractivity contribution in [1.82, 2.24) is 19.7 Å². The summed E-state index contributed by atoms with van der Waals surface area (Å²) in [6.45, 7) is 3.71. The van der Waals surface area contributed by atoms with E-state index in [2.05, 4.69) is 20.4 Å². The van der Waals surface area contributed by atoms with E-state index in [1.165, 1.54) is 33.2 Å². The van der Waals surface area contributed by atoms with Crippen LogP contribution in [0.2, 0.25) is 0 Å². The van der Waals surface area contributed by atoms with E-state index in [0.29, 0.717) is 16.9 Å². The summed E-state index contributed by atoms with van der Waals surface area (Å²) in [6.07, 6.45) is -4.32. The number of hydrogen-bond donors (Lipinski definition) is 2. The van der Waals surface area contributed by atoms with Crippen LogP contribution in [0.25, 0.3) is 16.7 Å². The van der Waals surface area contributed by atoms with Crippen LogP contribution in [-0.2, 0) is 5.41 Å². The molecule has 4 aromatic rings. The summed E-state index contributed by atoms with van der Waals surface area (Å²) in [4.78, 5) is 8.67. The predicted molar refractivity (Wildman–Crippen MR) is 131 cm³/mol. The second kappa shape index (κ2) is 9.62. The third kappa shape index (κ3) is 5.22. The highest BCUT2D eigenvalue weighted by Gasteiger charge is 2.56. The summed E-state index contributed by atoms with van der Waals surface area (Å²) in [7, 11) is 1.35. The van der Waals surface area contributed by atoms with Crippen molar-refractivity contribution in [2.45, 2.75) is 44.4 Å². The van der Waals surface area contributed by atoms with Crippen LogP contribution in [0.15, 0.2) is 54.7 Å². The van der Waals surface area contributed by atoms with E-state index >= 15 is 0 Å². The van der Waals surface area contributed by atoms with Gasteiger partial charge in [0, 0.05) is 5.56 Å². The van der Waals surface area contributed by atoms with Crippen molar-refractivity contribution in [3.8, 4) is 11.4 Å². The molecule has 7 nitrogen and oxygen atoms in total. The molecule has 0 radical (unpaired) electrons. The van der Waals surface area contributed by atoms with Crippen LogP contribution in [0, 0.1) is 12.7 Å². The Morgan fingerprint density at radius 3 is 2.41 bits per heavy atom. The fraction of sp³-hybridized carbons (Fsp3) is 0.346. The summed E-state index contributed by atoms with van der Waals surface area (Å²) in [5.74, 6) is 0.0266. The largest absolute Gasteiger partial charge is 0.496 e. The van der Waals surface area contributed by atoms with Gasteiger partial charge in [0.25, 0.3) is 0 Å². The lowest BCUT2D eigenvalue weighted by molar-refractivity contribution is -0.260. The van der Waals surface area contributed by atoms with Crippen LogP contribution in [0.1, 0.15) is 31.7 Å². The molecule has 0 aliphatic heterocycles. The number of nitrogens with one attached hydrogen (secondary N) is 1. The summed E-state index contributed by atoms with van der Waals surface area (Å²) in [6, 6.07) is 12.8. The molecule has 0 fully saturated rings. The van der Waals surface area contributed by atoms with E-state index in [0.717, 1.165) is 17.8 Å². The van der Waals surface area contributed by atoms with Crippen molar-refractivity contribution >= 4 is 16.9 Å². The van der Waals surface area contributed by atoms with Crippen LogP contribution < -0.4 is 10.1 Å². The van der Waals surface area contributed by atoms with Gasteiger partial charge in [-0.2, -0.15) is 18.3 Å². The Bertz CT molecular complexity index is 1410. The number of alkyl halides is 3. The fourth-order valence-corrected chi connectivity index (χ4v) is 4.44. The molecule has 0 spiro atoms. The van der Waals surface area contributed by atoms with Gasteiger partial charge in [-0.3, -0.25) is 0 Å². The molecular formula is C26H27F4N5O2. The van der Waals surface area contributed by atoms with E-state index in [4.69, 9.17) is 4.74 Å². The molecule has 0 aliphatic carbocycles. The minimum absolute atomic E-state index is 0.105. The zero-order valence-corrected chi connectivity index (χ0v) is 20.8. The van der Waals surface area contributed by atoms with E-state index in [-0.39, 0.29) is 17.1 Å². The first kappa shape index (κ1) is 26.3. The summed E-state index contributed by atoms with van der Waals surface area (Å²) >= 11 is 0. The van der Waals surface area contributed by atoms with Gasteiger partial charge in [-0.05, 0) is 49.1 Å². The Kier molecular flexibility index (Phi) is 6.85. The molecule has 0 bridgehead atoms. The van der Waals surface area contributed by atoms with Crippen molar-refractivity contribution in [2.24, 2.45) is 0 Å². The Morgan fingerprint density at radius 2 is 1.76 bits per heavy atom. The highest BCUT2D eigenvalue weighted by molar-refractivity contribution is 5.87. The maximum atomic E-state index is 14.3. The van der Waals surface area contributed by atoms with Gasteiger partial charge in [-0.25, -0.2) is 19.0 Å². The van der Waals surface area contributed by atoms with E-state index in [9.17, 15) is 22.7 Å². The SMILES string of the molecule is COc1ccc(F)cc1C(C)(C)CC(O)(CNc1nc(C)nc2c1cnn2-c1ccccc1)C(F)(F)F. The maximum Gasteiger partial charge on any atom is 0.418 e. The number of para-hydroxylation sites is 1. The number of benzene rings is 2. The summed E-state index contributed by atoms with van der Waals surface area (Å²) in [5.41, 5.74) is -3.16. The van der Waals surface area contributed by atoms with Crippen LogP contribution in [0.5, 0.6) is 5.75 Å². The third-order valence-corrected chi connectivity index (χ3v) is 6.24. The molecule has 0 aliphatic rings. The van der Waals surface area contributed by atoms with Crippen LogP contribution in [-0.4, -0.2) is 50.3 Å². The van der Waals surface area contributed by atoms with Crippen molar-refractivity contribution in [2.75, 3.05) is 19.0 Å². The maximum absolute atomic E-state index is 14.3. The lowest BCUT2D eigenvalue weighted by Crippen LogP contribution is -2.53. The van der Waals surface area contributed by atoms with Gasteiger partial charge in [0.1, 0.15) is 23.2 Å². The topological polar surface area (TPSA) is 85.1 Å². The predicted octanol–water partition coefficient (Wildman–Crippen LogP) is 5.34. The smallest absolute Gasteiger partial charge is 0.418 e. The first-order chi connectivity index (χ1) is 17.3. The average molecular weight is 518 g/mol. The first-order valence-corrected chi connectivity index (χ1v) is 11.5. The number of fused-ring (bicyclic) bond motifs is 1. The Morgan fingerprint density at radius 1 is 1.05 bits per heavy atom. The molecule has 0 saturated heterocycles. The molecule has 2 aromatic heterocycles. The number of aliphatic hydroxyl groups is 1. The van der Waals surface area contributed by atoms with Gasteiger partial charge in [0.05, 0.1) is 30.9 Å². The zero-order chi connectivity index (χ0) is 27.0. The van der Waals surface area contributed by atoms with Crippen molar-refractivity contribution < 1.29 is 27.4 Å². The normalized spacial score (nSPS) is 14.0. The standard InChI is InChI=1S/C26H27F4N5O2/c1-16-33-22(19-13-32-35(23(19)34-16)18-8-6-5-7-9-18)31-15-25(36,26(28,29)30)14-24(2,3)20-12-17(27)10-11-21(20)37-4/h5-13,36H,14-15H2,1-4H3,(H,31,33,34). The number of halogens is 4. The van der Waals surface area contributed by atoms with Gasteiger partial charge in [0.15, 0.2) is 11.2 Å². The Balaban J connectivity index is 1.68. The number of hydrogen-bond acceptors (Lipinski definition) is 6. The highest BCUT2D eigenvalue weighted by Crippen LogP contribution is 2.44. The summed E-state index contributed by atoms with van der Waals surface area (Å²) in [5, 5.41) is 18.4. The highest BCUT2D eigenvalue weighted by atomic mass is 19.4. The van der Waals surface area contributed by atoms with Gasteiger partial charge >= 0.3 is 6.18 Å². The van der Waals surface area contributed by atoms with Crippen LogP contribution in [0.4, 0.5) is 23.4 Å².